The normalized spacial score (nSPS) is 9.85. The van der Waals surface area contributed by atoms with E-state index in [1.54, 1.807) is 0 Å². The van der Waals surface area contributed by atoms with Gasteiger partial charge in [-0.1, -0.05) is 6.92 Å². The van der Waals surface area contributed by atoms with E-state index in [-0.39, 0.29) is 37.7 Å². The first-order valence-electron chi connectivity index (χ1n) is 3.89. The molecule has 0 aliphatic carbocycles. The average Bonchev–Trinajstić information content (AvgIpc) is 2.07. The zero-order valence-corrected chi connectivity index (χ0v) is 9.02. The van der Waals surface area contributed by atoms with Crippen LogP contribution in [-0.2, 0) is 0 Å². The Kier molecular flexibility index (Phi) is 10.5. The van der Waals surface area contributed by atoms with Crippen molar-refractivity contribution in [2.45, 2.75) is 20.3 Å². The van der Waals surface area contributed by atoms with E-state index in [9.17, 15) is 0 Å². The molecule has 0 spiro atoms. The van der Waals surface area contributed by atoms with Crippen molar-refractivity contribution in [3.05, 3.63) is 42.0 Å². The monoisotopic (exact) mass is 158 g/mol. The Balaban J connectivity index is 0. The van der Waals surface area contributed by atoms with E-state index < -0.39 is 0 Å². The summed E-state index contributed by atoms with van der Waals surface area (Å²) in [7, 11) is 0. The second-order valence-electron chi connectivity index (χ2n) is 2.43. The van der Waals surface area contributed by atoms with Gasteiger partial charge in [0.05, 0.1) is 0 Å². The van der Waals surface area contributed by atoms with Crippen LogP contribution in [-0.4, -0.2) is 0 Å². The van der Waals surface area contributed by atoms with Crippen molar-refractivity contribution in [2.24, 2.45) is 0 Å². The number of hydrogen-bond acceptors (Lipinski definition) is 0. The maximum atomic E-state index is 3.25. The van der Waals surface area contributed by atoms with Crippen molar-refractivity contribution in [3.8, 4) is 0 Å². The fourth-order valence-electron chi connectivity index (χ4n) is 0.987. The van der Waals surface area contributed by atoms with Crippen LogP contribution >= 0.6 is 0 Å². The summed E-state index contributed by atoms with van der Waals surface area (Å²) in [4.78, 5) is 0. The number of allylic oxidation sites excluding steroid dienone is 2. The Morgan fingerprint density at radius 2 is 2.08 bits per heavy atom. The molecule has 2 heteroatoms. The second kappa shape index (κ2) is 8.74. The molecule has 0 bridgehead atoms. The second-order valence-corrected chi connectivity index (χ2v) is 2.43. The molecule has 0 fully saturated rings. The molecule has 0 nitrogen and oxygen atoms in total. The van der Waals surface area contributed by atoms with Crippen LogP contribution in [0.3, 0.4) is 0 Å². The predicted molar refractivity (Wildman–Crippen MR) is 47.9 cm³/mol. The Hall–Kier alpha value is 0.155. The molecule has 58 valence electrons. The predicted octanol–water partition coefficient (Wildman–Crippen LogP) is -2.89. The summed E-state index contributed by atoms with van der Waals surface area (Å²) in [6.45, 7) is 4.15. The Morgan fingerprint density at radius 1 is 1.38 bits per heavy atom. The van der Waals surface area contributed by atoms with E-state index in [0.717, 1.165) is 12.0 Å². The summed E-state index contributed by atoms with van der Waals surface area (Å²) in [5, 5.41) is 0. The van der Waals surface area contributed by atoms with Gasteiger partial charge < -0.3 is 17.2 Å². The van der Waals surface area contributed by atoms with Gasteiger partial charge in [0, 0.05) is 0 Å². The molecule has 0 aliphatic heterocycles. The fourth-order valence-corrected chi connectivity index (χ4v) is 0.987. The van der Waals surface area contributed by atoms with Crippen LogP contribution in [0.25, 0.3) is 5.57 Å². The van der Waals surface area contributed by atoms with Gasteiger partial charge in [0.2, 0.25) is 0 Å². The maximum Gasteiger partial charge on any atom is 1.00 e. The van der Waals surface area contributed by atoms with Crippen LogP contribution in [0.2, 0.25) is 0 Å². The van der Waals surface area contributed by atoms with Crippen molar-refractivity contribution in [3.63, 3.8) is 0 Å². The first kappa shape index (κ1) is 15.6. The molecule has 0 atom stereocenters. The minimum atomic E-state index is 0. The third kappa shape index (κ3) is 5.46. The summed E-state index contributed by atoms with van der Waals surface area (Å²) < 4.78 is 0. The zero-order chi connectivity index (χ0) is 8.10. The minimum Gasteiger partial charge on any atom is -0.324 e. The van der Waals surface area contributed by atoms with Gasteiger partial charge in [-0.2, -0.15) is 12.1 Å². The molecule has 0 heterocycles. The van der Waals surface area contributed by atoms with Crippen LogP contribution in [0.5, 0.6) is 0 Å². The molecule has 0 saturated carbocycles. The molecular weight excluding hydrogens is 146 g/mol. The van der Waals surface area contributed by atoms with Crippen LogP contribution in [0.1, 0.15) is 25.8 Å². The number of hydrogen-bond donors (Lipinski definition) is 0. The fraction of sp³-hybridized carbons (Fsp3) is 0.273. The number of rotatable bonds is 2. The molecule has 1 rings (SSSR count). The molecule has 0 radical (unpaired) electrons. The van der Waals surface area contributed by atoms with Gasteiger partial charge >= 0.3 is 37.7 Å². The summed E-state index contributed by atoms with van der Waals surface area (Å²) in [6, 6.07) is 11.1. The molecule has 0 unspecified atom stereocenters. The maximum absolute atomic E-state index is 3.25. The average molecular weight is 158 g/mol. The van der Waals surface area contributed by atoms with E-state index in [4.69, 9.17) is 0 Å². The zero-order valence-electron chi connectivity index (χ0n) is 9.02. The number of benzene rings is 1. The van der Waals surface area contributed by atoms with E-state index in [1.807, 2.05) is 18.2 Å². The quantitative estimate of drug-likeness (QED) is 0.320. The first-order valence-corrected chi connectivity index (χ1v) is 3.89. The van der Waals surface area contributed by atoms with Gasteiger partial charge in [-0.15, -0.1) is 19.4 Å². The van der Waals surface area contributed by atoms with Crippen LogP contribution in [0.15, 0.2) is 24.3 Å². The van der Waals surface area contributed by atoms with Gasteiger partial charge in [-0.3, -0.25) is 0 Å². The largest absolute Gasteiger partial charge is 1.00 e. The molecule has 1 aromatic rings. The van der Waals surface area contributed by atoms with Gasteiger partial charge in [0.25, 0.3) is 0 Å². The van der Waals surface area contributed by atoms with Crippen LogP contribution in [0.4, 0.5) is 0 Å². The molecule has 0 aliphatic rings. The van der Waals surface area contributed by atoms with Crippen molar-refractivity contribution >= 4 is 5.57 Å². The summed E-state index contributed by atoms with van der Waals surface area (Å²) in [5.74, 6) is 0. The summed E-state index contributed by atoms with van der Waals surface area (Å²) in [6.07, 6.45) is 4.21. The SMILES string of the molecule is CC[C-]=C(C)c1[c-]cccc1.[Li+].[Li+]. The molecule has 0 aromatic heterocycles. The van der Waals surface area contributed by atoms with E-state index in [1.165, 1.54) is 5.57 Å². The molecule has 1 aromatic carbocycles. The van der Waals surface area contributed by atoms with Crippen LogP contribution in [0, 0.1) is 12.1 Å². The van der Waals surface area contributed by atoms with E-state index >= 15 is 0 Å². The third-order valence-corrected chi connectivity index (χ3v) is 1.56. The van der Waals surface area contributed by atoms with E-state index in [0.29, 0.717) is 0 Å². The Labute approximate surface area is 105 Å². The van der Waals surface area contributed by atoms with E-state index in [2.05, 4.69) is 32.1 Å². The standard InChI is InChI=1S/C11H12.2Li/c1-3-7-10(2)11-8-5-4-6-9-11;;/h4-6,8H,3H2,1-2H3;;/q-2;2*+1. The van der Waals surface area contributed by atoms with Crippen molar-refractivity contribution < 1.29 is 37.7 Å². The molecule has 0 saturated heterocycles. The first-order chi connectivity index (χ1) is 5.34. The van der Waals surface area contributed by atoms with Crippen LogP contribution < -0.4 is 37.7 Å². The third-order valence-electron chi connectivity index (χ3n) is 1.56. The molecule has 0 N–H and O–H groups in total. The van der Waals surface area contributed by atoms with Crippen molar-refractivity contribution in [2.75, 3.05) is 0 Å². The smallest absolute Gasteiger partial charge is 0.324 e. The summed E-state index contributed by atoms with van der Waals surface area (Å²) >= 11 is 0. The minimum absolute atomic E-state index is 0. The van der Waals surface area contributed by atoms with Gasteiger partial charge in [0.1, 0.15) is 0 Å². The van der Waals surface area contributed by atoms with Crippen molar-refractivity contribution in [1.82, 2.24) is 0 Å². The topological polar surface area (TPSA) is 0 Å². The molecule has 0 amide bonds. The van der Waals surface area contributed by atoms with Gasteiger partial charge in [-0.05, 0) is 0 Å². The Bertz CT molecular complexity index is 240. The van der Waals surface area contributed by atoms with Crippen molar-refractivity contribution in [1.29, 1.82) is 0 Å². The van der Waals surface area contributed by atoms with Gasteiger partial charge in [-0.25, -0.2) is 12.1 Å². The Morgan fingerprint density at radius 3 is 2.54 bits per heavy atom. The molecule has 13 heavy (non-hydrogen) atoms. The summed E-state index contributed by atoms with van der Waals surface area (Å²) in [5.41, 5.74) is 2.34. The van der Waals surface area contributed by atoms with Gasteiger partial charge in [0.15, 0.2) is 0 Å². The molecular formula is C11H12Li2.